The Hall–Kier alpha value is -2.01. The van der Waals surface area contributed by atoms with E-state index in [0.717, 1.165) is 4.88 Å². The number of nitrogens with one attached hydrogen (secondary N) is 1. The highest BCUT2D eigenvalue weighted by atomic mass is 32.1. The van der Waals surface area contributed by atoms with E-state index in [-0.39, 0.29) is 11.9 Å². The van der Waals surface area contributed by atoms with Crippen molar-refractivity contribution in [3.63, 3.8) is 0 Å². The summed E-state index contributed by atoms with van der Waals surface area (Å²) in [5.74, 6) is 1.22. The van der Waals surface area contributed by atoms with E-state index in [1.165, 1.54) is 4.88 Å². The molecule has 4 nitrogen and oxygen atoms in total. The molecule has 1 aliphatic heterocycles. The summed E-state index contributed by atoms with van der Waals surface area (Å²) in [6, 6.07) is 9.38. The zero-order valence-corrected chi connectivity index (χ0v) is 12.8. The molecule has 2 heterocycles. The van der Waals surface area contributed by atoms with Gasteiger partial charge >= 0.3 is 0 Å². The maximum absolute atomic E-state index is 12.3. The highest BCUT2D eigenvalue weighted by Gasteiger charge is 2.17. The van der Waals surface area contributed by atoms with Gasteiger partial charge in [0.05, 0.1) is 6.04 Å². The molecule has 1 aromatic heterocycles. The van der Waals surface area contributed by atoms with Crippen molar-refractivity contribution < 1.29 is 14.3 Å². The van der Waals surface area contributed by atoms with Gasteiger partial charge in [0.2, 0.25) is 0 Å². The number of hydrogen-bond acceptors (Lipinski definition) is 4. The molecule has 0 fully saturated rings. The van der Waals surface area contributed by atoms with E-state index in [4.69, 9.17) is 9.47 Å². The summed E-state index contributed by atoms with van der Waals surface area (Å²) in [4.78, 5) is 14.7. The van der Waals surface area contributed by atoms with Gasteiger partial charge in [0, 0.05) is 15.3 Å². The van der Waals surface area contributed by atoms with Crippen molar-refractivity contribution in [2.75, 3.05) is 13.2 Å². The molecular formula is C16H17NO3S. The number of carbonyl (C=O) groups is 1. The first-order chi connectivity index (χ1) is 10.1. The van der Waals surface area contributed by atoms with E-state index >= 15 is 0 Å². The molecule has 1 amide bonds. The first kappa shape index (κ1) is 13.9. The number of thiophene rings is 1. The van der Waals surface area contributed by atoms with Crippen LogP contribution in [0.5, 0.6) is 11.5 Å². The van der Waals surface area contributed by atoms with Crippen molar-refractivity contribution in [3.05, 3.63) is 45.6 Å². The van der Waals surface area contributed by atoms with Gasteiger partial charge in [-0.15, -0.1) is 11.3 Å². The molecule has 1 aromatic carbocycles. The number of aryl methyl sites for hydroxylation is 1. The molecule has 1 aliphatic rings. The van der Waals surface area contributed by atoms with E-state index in [9.17, 15) is 4.79 Å². The molecule has 0 unspecified atom stereocenters. The monoisotopic (exact) mass is 303 g/mol. The molecule has 5 heteroatoms. The van der Waals surface area contributed by atoms with Gasteiger partial charge in [0.1, 0.15) is 13.2 Å². The topological polar surface area (TPSA) is 47.6 Å². The van der Waals surface area contributed by atoms with Crippen LogP contribution < -0.4 is 14.8 Å². The summed E-state index contributed by atoms with van der Waals surface area (Å²) < 4.78 is 11.0. The molecule has 0 aliphatic carbocycles. The van der Waals surface area contributed by atoms with Crippen molar-refractivity contribution in [1.82, 2.24) is 5.32 Å². The fourth-order valence-electron chi connectivity index (χ4n) is 2.22. The molecule has 110 valence electrons. The SMILES string of the molecule is Cc1ccc([C@@H](C)NC(=O)c2ccc3c(c2)OCCO3)s1. The largest absolute Gasteiger partial charge is 0.486 e. The highest BCUT2D eigenvalue weighted by Crippen LogP contribution is 2.31. The minimum absolute atomic E-state index is 0.00981. The Morgan fingerprint density at radius 3 is 2.67 bits per heavy atom. The Bertz CT molecular complexity index is 665. The van der Waals surface area contributed by atoms with Crippen LogP contribution in [-0.2, 0) is 0 Å². The van der Waals surface area contributed by atoms with Gasteiger partial charge in [0.25, 0.3) is 5.91 Å². The van der Waals surface area contributed by atoms with Crippen LogP contribution in [0.2, 0.25) is 0 Å². The summed E-state index contributed by atoms with van der Waals surface area (Å²) >= 11 is 1.70. The maximum Gasteiger partial charge on any atom is 0.251 e. The summed E-state index contributed by atoms with van der Waals surface area (Å²) in [7, 11) is 0. The molecule has 21 heavy (non-hydrogen) atoms. The first-order valence-corrected chi connectivity index (χ1v) is 7.72. The van der Waals surface area contributed by atoms with Gasteiger partial charge in [-0.2, -0.15) is 0 Å². The number of carbonyl (C=O) groups excluding carboxylic acids is 1. The maximum atomic E-state index is 12.3. The van der Waals surface area contributed by atoms with Crippen LogP contribution in [0.3, 0.4) is 0 Å². The second-order valence-electron chi connectivity index (χ2n) is 5.00. The third-order valence-electron chi connectivity index (χ3n) is 3.34. The van der Waals surface area contributed by atoms with Crippen molar-refractivity contribution >= 4 is 17.2 Å². The zero-order valence-electron chi connectivity index (χ0n) is 12.0. The van der Waals surface area contributed by atoms with Crippen molar-refractivity contribution in [2.45, 2.75) is 19.9 Å². The van der Waals surface area contributed by atoms with Crippen LogP contribution >= 0.6 is 11.3 Å². The standard InChI is InChI=1S/C16H17NO3S/c1-10-3-6-15(21-10)11(2)17-16(18)12-4-5-13-14(9-12)20-8-7-19-13/h3-6,9,11H,7-8H2,1-2H3,(H,17,18)/t11-/m1/s1. The molecule has 2 aromatic rings. The molecule has 3 rings (SSSR count). The molecule has 0 saturated heterocycles. The lowest BCUT2D eigenvalue weighted by Gasteiger charge is -2.19. The Morgan fingerprint density at radius 1 is 1.19 bits per heavy atom. The van der Waals surface area contributed by atoms with E-state index < -0.39 is 0 Å². The number of rotatable bonds is 3. The number of ether oxygens (including phenoxy) is 2. The lowest BCUT2D eigenvalue weighted by atomic mass is 10.1. The summed E-state index contributed by atoms with van der Waals surface area (Å²) in [6.07, 6.45) is 0. The normalized spacial score (nSPS) is 14.6. The molecule has 0 saturated carbocycles. The fraction of sp³-hybridized carbons (Fsp3) is 0.312. The van der Waals surface area contributed by atoms with Crippen molar-refractivity contribution in [2.24, 2.45) is 0 Å². The van der Waals surface area contributed by atoms with Gasteiger partial charge in [-0.25, -0.2) is 0 Å². The smallest absolute Gasteiger partial charge is 0.251 e. The minimum Gasteiger partial charge on any atom is -0.486 e. The Morgan fingerprint density at radius 2 is 1.95 bits per heavy atom. The lowest BCUT2D eigenvalue weighted by molar-refractivity contribution is 0.0939. The third kappa shape index (κ3) is 3.03. The van der Waals surface area contributed by atoms with Gasteiger partial charge in [-0.1, -0.05) is 0 Å². The number of benzene rings is 1. The van der Waals surface area contributed by atoms with E-state index in [1.807, 2.05) is 6.92 Å². The molecule has 0 radical (unpaired) electrons. The number of fused-ring (bicyclic) bond motifs is 1. The summed E-state index contributed by atoms with van der Waals surface area (Å²) in [6.45, 7) is 5.11. The van der Waals surface area contributed by atoms with Crippen LogP contribution in [0.1, 0.15) is 33.1 Å². The van der Waals surface area contributed by atoms with Crippen LogP contribution in [0, 0.1) is 6.92 Å². The zero-order chi connectivity index (χ0) is 14.8. The van der Waals surface area contributed by atoms with Gasteiger partial charge in [0.15, 0.2) is 11.5 Å². The van der Waals surface area contributed by atoms with Crippen LogP contribution in [-0.4, -0.2) is 19.1 Å². The van der Waals surface area contributed by atoms with Gasteiger partial charge in [-0.3, -0.25) is 4.79 Å². The summed E-state index contributed by atoms with van der Waals surface area (Å²) in [5, 5.41) is 3.01. The predicted octanol–water partition coefficient (Wildman–Crippen LogP) is 3.32. The second kappa shape index (κ2) is 5.77. The van der Waals surface area contributed by atoms with E-state index in [2.05, 4.69) is 24.4 Å². The Balaban J connectivity index is 1.73. The second-order valence-corrected chi connectivity index (χ2v) is 6.32. The number of hydrogen-bond donors (Lipinski definition) is 1. The van der Waals surface area contributed by atoms with Crippen LogP contribution in [0.25, 0.3) is 0 Å². The van der Waals surface area contributed by atoms with E-state index in [0.29, 0.717) is 30.3 Å². The molecular weight excluding hydrogens is 286 g/mol. The van der Waals surface area contributed by atoms with Gasteiger partial charge < -0.3 is 14.8 Å². The van der Waals surface area contributed by atoms with Gasteiger partial charge in [-0.05, 0) is 44.2 Å². The molecule has 0 bridgehead atoms. The third-order valence-corrected chi connectivity index (χ3v) is 4.52. The Labute approximate surface area is 127 Å². The van der Waals surface area contributed by atoms with Crippen molar-refractivity contribution in [1.29, 1.82) is 0 Å². The summed E-state index contributed by atoms with van der Waals surface area (Å²) in [5.41, 5.74) is 0.583. The van der Waals surface area contributed by atoms with Crippen LogP contribution in [0.15, 0.2) is 30.3 Å². The van der Waals surface area contributed by atoms with Crippen LogP contribution in [0.4, 0.5) is 0 Å². The average molecular weight is 303 g/mol. The van der Waals surface area contributed by atoms with Crippen molar-refractivity contribution in [3.8, 4) is 11.5 Å². The molecule has 0 spiro atoms. The average Bonchev–Trinajstić information content (AvgIpc) is 2.93. The first-order valence-electron chi connectivity index (χ1n) is 6.90. The lowest BCUT2D eigenvalue weighted by Crippen LogP contribution is -2.26. The fourth-order valence-corrected chi connectivity index (χ4v) is 3.10. The predicted molar refractivity (Wildman–Crippen MR) is 82.4 cm³/mol. The molecule has 1 N–H and O–H groups in total. The highest BCUT2D eigenvalue weighted by molar-refractivity contribution is 7.12. The Kier molecular flexibility index (Phi) is 3.84. The quantitative estimate of drug-likeness (QED) is 0.946. The van der Waals surface area contributed by atoms with E-state index in [1.54, 1.807) is 29.5 Å². The minimum atomic E-state index is -0.106. The number of amides is 1. The molecule has 1 atom stereocenters.